The fraction of sp³-hybridized carbons (Fsp3) is 0.700. The summed E-state index contributed by atoms with van der Waals surface area (Å²) in [6.45, 7) is 4.32. The van der Waals surface area contributed by atoms with E-state index in [9.17, 15) is 19.0 Å². The molecule has 9 nitrogen and oxygen atoms in total. The molecule has 0 fully saturated rings. The summed E-state index contributed by atoms with van der Waals surface area (Å²) in [5, 5.41) is 0. The van der Waals surface area contributed by atoms with E-state index in [-0.39, 0.29) is 32.0 Å². The van der Waals surface area contributed by atoms with Crippen molar-refractivity contribution < 1.29 is 42.1 Å². The summed E-state index contributed by atoms with van der Waals surface area (Å²) in [6, 6.07) is 0. The van der Waals surface area contributed by atoms with Crippen LogP contribution >= 0.6 is 7.82 Å². The van der Waals surface area contributed by atoms with Gasteiger partial charge in [0, 0.05) is 12.8 Å². The van der Waals surface area contributed by atoms with Crippen molar-refractivity contribution in [2.45, 2.75) is 315 Å². The van der Waals surface area contributed by atoms with Crippen LogP contribution in [-0.4, -0.2) is 74.9 Å². The van der Waals surface area contributed by atoms with Crippen LogP contribution in [0.1, 0.15) is 309 Å². The van der Waals surface area contributed by atoms with Crippen LogP contribution in [0.25, 0.3) is 0 Å². The van der Waals surface area contributed by atoms with E-state index in [1.54, 1.807) is 0 Å². The van der Waals surface area contributed by atoms with E-state index in [2.05, 4.69) is 148 Å². The molecule has 0 aromatic rings. The number of esters is 2. The standard InChI is InChI=1S/C80H138NO8P/c1-6-8-10-12-14-16-18-20-22-24-26-28-30-32-34-36-37-38-39-40-41-42-43-45-47-49-51-53-55-57-59-61-63-65-67-69-71-73-80(83)89-78(77-88-90(84,85)87-75-74-81(3,4)5)76-86-79(82)72-70-68-66-64-62-60-58-56-54-52-50-48-46-44-35-33-31-29-27-25-23-21-19-17-15-13-11-9-7-2/h8,10,14,16,19-22,25-28,31-34,37-38,40-41,43,45,78H,6-7,9,11-13,15,17-18,23-24,29-30,35-36,39,42,44,46-77H2,1-5H3/p+1/b10-8-,16-14-,21-19-,22-20-,27-25-,28-26-,33-31-,34-32-,38-37-,41-40-,45-43-. The Morgan fingerprint density at radius 2 is 0.633 bits per heavy atom. The Hall–Kier alpha value is -3.85. The molecule has 0 spiro atoms. The Balaban J connectivity index is 4.06. The molecule has 0 saturated heterocycles. The maximum absolute atomic E-state index is 12.9. The van der Waals surface area contributed by atoms with Crippen LogP contribution in [0.5, 0.6) is 0 Å². The lowest BCUT2D eigenvalue weighted by molar-refractivity contribution is -0.870. The topological polar surface area (TPSA) is 108 Å². The number of rotatable bonds is 67. The number of phosphoric ester groups is 1. The van der Waals surface area contributed by atoms with Gasteiger partial charge in [-0.3, -0.25) is 18.6 Å². The molecule has 10 heteroatoms. The zero-order valence-electron chi connectivity index (χ0n) is 58.8. The average molecular weight is 1270 g/mol. The molecule has 2 atom stereocenters. The molecular weight excluding hydrogens is 1130 g/mol. The van der Waals surface area contributed by atoms with E-state index >= 15 is 0 Å². The SMILES string of the molecule is CC/C=C\C/C=C\C/C=C\C/C=C\C/C=C\C/C=C\C/C=C\C/C=C\CCCCCCCCCCCCCCC(=O)OC(COC(=O)CCCCCCCCCCCCCCCC/C=C\C/C=C\C/C=C\CCCCCCC)COP(=O)(O)OCC[N+](C)(C)C. The van der Waals surface area contributed by atoms with E-state index in [1.165, 1.54) is 173 Å². The van der Waals surface area contributed by atoms with Crippen LogP contribution in [-0.2, 0) is 32.7 Å². The first-order chi connectivity index (χ1) is 44.0. The maximum atomic E-state index is 12.9. The molecule has 90 heavy (non-hydrogen) atoms. The molecule has 1 N–H and O–H groups in total. The Kier molecular flexibility index (Phi) is 66.5. The fourth-order valence-corrected chi connectivity index (χ4v) is 10.8. The smallest absolute Gasteiger partial charge is 0.462 e. The lowest BCUT2D eigenvalue weighted by Gasteiger charge is -2.24. The highest BCUT2D eigenvalue weighted by molar-refractivity contribution is 7.47. The van der Waals surface area contributed by atoms with Crippen molar-refractivity contribution in [2.24, 2.45) is 0 Å². The predicted molar refractivity (Wildman–Crippen MR) is 390 cm³/mol. The summed E-state index contributed by atoms with van der Waals surface area (Å²) in [7, 11) is 1.47. The third kappa shape index (κ3) is 73.2. The van der Waals surface area contributed by atoms with Crippen molar-refractivity contribution in [3.63, 3.8) is 0 Å². The predicted octanol–water partition coefficient (Wildman–Crippen LogP) is 24.4. The zero-order chi connectivity index (χ0) is 65.5. The van der Waals surface area contributed by atoms with E-state index in [4.69, 9.17) is 18.5 Å². The molecule has 0 aliphatic carbocycles. The van der Waals surface area contributed by atoms with E-state index < -0.39 is 26.5 Å². The molecule has 0 amide bonds. The highest BCUT2D eigenvalue weighted by atomic mass is 31.2. The van der Waals surface area contributed by atoms with Gasteiger partial charge in [-0.05, 0) is 116 Å². The first-order valence-electron chi connectivity index (χ1n) is 36.9. The molecule has 2 unspecified atom stereocenters. The first-order valence-corrected chi connectivity index (χ1v) is 38.4. The summed E-state index contributed by atoms with van der Waals surface area (Å²) in [6.07, 6.45) is 101. The Morgan fingerprint density at radius 3 is 0.944 bits per heavy atom. The van der Waals surface area contributed by atoms with Crippen molar-refractivity contribution in [3.8, 4) is 0 Å². The third-order valence-corrected chi connectivity index (χ3v) is 16.6. The van der Waals surface area contributed by atoms with Gasteiger partial charge in [0.15, 0.2) is 6.10 Å². The number of carbonyl (C=O) groups excluding carboxylic acids is 2. The van der Waals surface area contributed by atoms with Crippen molar-refractivity contribution in [1.29, 1.82) is 0 Å². The lowest BCUT2D eigenvalue weighted by Crippen LogP contribution is -2.37. The maximum Gasteiger partial charge on any atom is 0.472 e. The molecule has 0 heterocycles. The second-order valence-corrected chi connectivity index (χ2v) is 27.0. The number of nitrogens with zero attached hydrogens (tertiary/aromatic N) is 1. The van der Waals surface area contributed by atoms with Gasteiger partial charge in [-0.1, -0.05) is 314 Å². The van der Waals surface area contributed by atoms with Gasteiger partial charge < -0.3 is 18.9 Å². The largest absolute Gasteiger partial charge is 0.472 e. The first kappa shape index (κ1) is 86.2. The van der Waals surface area contributed by atoms with Crippen molar-refractivity contribution >= 4 is 19.8 Å². The quantitative estimate of drug-likeness (QED) is 0.0211. The molecule has 0 saturated carbocycles. The number of hydrogen-bond donors (Lipinski definition) is 1. The molecule has 0 bridgehead atoms. The molecule has 0 rings (SSSR count). The van der Waals surface area contributed by atoms with Gasteiger partial charge >= 0.3 is 19.8 Å². The Morgan fingerprint density at radius 1 is 0.356 bits per heavy atom. The molecule has 0 aromatic carbocycles. The van der Waals surface area contributed by atoms with Gasteiger partial charge in [-0.2, -0.15) is 0 Å². The Bertz CT molecular complexity index is 1980. The zero-order valence-corrected chi connectivity index (χ0v) is 59.7. The van der Waals surface area contributed by atoms with E-state index in [0.29, 0.717) is 17.4 Å². The van der Waals surface area contributed by atoms with Crippen LogP contribution in [0, 0.1) is 0 Å². The minimum atomic E-state index is -4.40. The lowest BCUT2D eigenvalue weighted by atomic mass is 10.0. The van der Waals surface area contributed by atoms with E-state index in [1.807, 2.05) is 21.1 Å². The van der Waals surface area contributed by atoms with Crippen LogP contribution in [0.15, 0.2) is 134 Å². The Labute approximate surface area is 555 Å². The van der Waals surface area contributed by atoms with Crippen LogP contribution < -0.4 is 0 Å². The summed E-state index contributed by atoms with van der Waals surface area (Å²) in [5.74, 6) is -0.798. The van der Waals surface area contributed by atoms with Crippen LogP contribution in [0.2, 0.25) is 0 Å². The molecule has 0 radical (unpaired) electrons. The molecular formula is C80H139NO8P+. The normalized spacial score (nSPS) is 13.9. The number of ether oxygens (including phenoxy) is 2. The minimum Gasteiger partial charge on any atom is -0.462 e. The second-order valence-electron chi connectivity index (χ2n) is 25.6. The van der Waals surface area contributed by atoms with Crippen molar-refractivity contribution in [3.05, 3.63) is 134 Å². The number of quaternary nitrogens is 1. The van der Waals surface area contributed by atoms with Gasteiger partial charge in [-0.25, -0.2) is 4.57 Å². The van der Waals surface area contributed by atoms with Crippen LogP contribution in [0.3, 0.4) is 0 Å². The second kappa shape index (κ2) is 69.5. The van der Waals surface area contributed by atoms with E-state index in [0.717, 1.165) is 103 Å². The van der Waals surface area contributed by atoms with Crippen molar-refractivity contribution in [2.75, 3.05) is 47.5 Å². The monoisotopic (exact) mass is 1270 g/mol. The number of likely N-dealkylation sites (N-methyl/N-ethyl adjacent to an activating group) is 1. The molecule has 0 aromatic heterocycles. The van der Waals surface area contributed by atoms with Gasteiger partial charge in [0.05, 0.1) is 27.7 Å². The summed E-state index contributed by atoms with van der Waals surface area (Å²) in [5.41, 5.74) is 0. The number of allylic oxidation sites excluding steroid dienone is 22. The van der Waals surface area contributed by atoms with Gasteiger partial charge in [0.2, 0.25) is 0 Å². The minimum absolute atomic E-state index is 0.0265. The molecule has 0 aliphatic heterocycles. The average Bonchev–Trinajstić information content (AvgIpc) is 3.58. The number of carbonyl (C=O) groups is 2. The highest BCUT2D eigenvalue weighted by Gasteiger charge is 2.27. The van der Waals surface area contributed by atoms with Crippen LogP contribution in [0.4, 0.5) is 0 Å². The van der Waals surface area contributed by atoms with Gasteiger partial charge in [0.25, 0.3) is 0 Å². The summed E-state index contributed by atoms with van der Waals surface area (Å²) in [4.78, 5) is 35.9. The number of hydrogen-bond acceptors (Lipinski definition) is 7. The van der Waals surface area contributed by atoms with Gasteiger partial charge in [-0.15, -0.1) is 0 Å². The number of phosphoric acid groups is 1. The summed E-state index contributed by atoms with van der Waals surface area (Å²) < 4.78 is 34.8. The highest BCUT2D eigenvalue weighted by Crippen LogP contribution is 2.43. The fourth-order valence-electron chi connectivity index (χ4n) is 10.0. The summed E-state index contributed by atoms with van der Waals surface area (Å²) >= 11 is 0. The van der Waals surface area contributed by atoms with Gasteiger partial charge in [0.1, 0.15) is 19.8 Å². The number of unbranched alkanes of at least 4 members (excludes halogenated alkanes) is 31. The molecule has 0 aliphatic rings. The third-order valence-electron chi connectivity index (χ3n) is 15.7. The van der Waals surface area contributed by atoms with Crippen molar-refractivity contribution in [1.82, 2.24) is 0 Å². The molecule has 516 valence electrons.